The number of aryl methyl sites for hydroxylation is 1. The monoisotopic (exact) mass is 252 g/mol. The van der Waals surface area contributed by atoms with Crippen molar-refractivity contribution >= 4 is 0 Å². The molecule has 1 unspecified atom stereocenters. The van der Waals surface area contributed by atoms with Crippen LogP contribution < -0.4 is 5.73 Å². The number of aromatic nitrogens is 2. The molecule has 0 bridgehead atoms. The smallest absolute Gasteiger partial charge is 0.0946 e. The van der Waals surface area contributed by atoms with Crippen LogP contribution in [0.2, 0.25) is 0 Å². The summed E-state index contributed by atoms with van der Waals surface area (Å²) in [6.07, 6.45) is 6.39. The number of imidazole rings is 1. The quantitative estimate of drug-likeness (QED) is 0.695. The van der Waals surface area contributed by atoms with E-state index in [0.717, 1.165) is 31.4 Å². The molecule has 1 aliphatic carbocycles. The van der Waals surface area contributed by atoms with Gasteiger partial charge in [0.1, 0.15) is 0 Å². The maximum atomic E-state index is 5.87. The van der Waals surface area contributed by atoms with Crippen LogP contribution in [0.15, 0.2) is 12.5 Å². The Labute approximate surface area is 109 Å². The molecule has 1 aliphatic rings. The molecule has 1 saturated carbocycles. The Morgan fingerprint density at radius 2 is 2.39 bits per heavy atom. The largest absolute Gasteiger partial charge is 0.380 e. The summed E-state index contributed by atoms with van der Waals surface area (Å²) >= 11 is 0. The summed E-state index contributed by atoms with van der Waals surface area (Å²) in [6.45, 7) is 3.20. The second kappa shape index (κ2) is 6.31. The van der Waals surface area contributed by atoms with E-state index in [1.54, 1.807) is 0 Å². The highest BCUT2D eigenvalue weighted by Gasteiger charge is 2.22. The number of hydrogen-bond acceptors (Lipinski definition) is 4. The molecular weight excluding hydrogens is 228 g/mol. The van der Waals surface area contributed by atoms with Crippen LogP contribution in [0, 0.1) is 5.92 Å². The first-order valence-electron chi connectivity index (χ1n) is 6.66. The van der Waals surface area contributed by atoms with Gasteiger partial charge in [0, 0.05) is 32.9 Å². The molecule has 0 aromatic carbocycles. The van der Waals surface area contributed by atoms with Crippen molar-refractivity contribution in [3.05, 3.63) is 18.2 Å². The van der Waals surface area contributed by atoms with Crippen LogP contribution in [0.4, 0.5) is 0 Å². The fraction of sp³-hybridized carbons (Fsp3) is 0.769. The molecule has 0 saturated heterocycles. The van der Waals surface area contributed by atoms with Crippen molar-refractivity contribution in [1.82, 2.24) is 14.5 Å². The Kier molecular flexibility index (Phi) is 4.74. The van der Waals surface area contributed by atoms with E-state index in [2.05, 4.69) is 16.9 Å². The van der Waals surface area contributed by atoms with Crippen molar-refractivity contribution in [1.29, 1.82) is 0 Å². The van der Waals surface area contributed by atoms with Gasteiger partial charge in [-0.25, -0.2) is 4.98 Å². The maximum absolute atomic E-state index is 5.87. The second-order valence-corrected chi connectivity index (χ2v) is 5.18. The number of likely N-dealkylation sites (N-methyl/N-ethyl adjacent to an activating group) is 1. The van der Waals surface area contributed by atoms with Crippen LogP contribution in [0.1, 0.15) is 24.6 Å². The third kappa shape index (κ3) is 3.54. The van der Waals surface area contributed by atoms with Gasteiger partial charge in [-0.2, -0.15) is 0 Å². The summed E-state index contributed by atoms with van der Waals surface area (Å²) in [4.78, 5) is 6.39. The van der Waals surface area contributed by atoms with Crippen LogP contribution in [-0.2, 0) is 11.8 Å². The number of nitrogens with zero attached hydrogens (tertiary/aromatic N) is 3. The molecule has 0 aliphatic heterocycles. The lowest BCUT2D eigenvalue weighted by molar-refractivity contribution is 0.0912. The lowest BCUT2D eigenvalue weighted by atomic mass is 10.2. The summed E-state index contributed by atoms with van der Waals surface area (Å²) in [7, 11) is 4.09. The molecule has 5 heteroatoms. The van der Waals surface area contributed by atoms with E-state index in [9.17, 15) is 0 Å². The molecular formula is C13H24N4O. The number of nitrogens with two attached hydrogens (primary N) is 1. The zero-order chi connectivity index (χ0) is 13.0. The molecule has 1 aromatic rings. The molecule has 5 nitrogen and oxygen atoms in total. The minimum Gasteiger partial charge on any atom is -0.380 e. The molecule has 2 rings (SSSR count). The summed E-state index contributed by atoms with van der Waals surface area (Å²) < 4.78 is 7.69. The lowest BCUT2D eigenvalue weighted by Crippen LogP contribution is -2.34. The zero-order valence-corrected chi connectivity index (χ0v) is 11.4. The first-order valence-corrected chi connectivity index (χ1v) is 6.66. The van der Waals surface area contributed by atoms with E-state index < -0.39 is 0 Å². The average Bonchev–Trinajstić information content (AvgIpc) is 3.09. The Morgan fingerprint density at radius 3 is 2.94 bits per heavy atom. The highest BCUT2D eigenvalue weighted by atomic mass is 16.5. The van der Waals surface area contributed by atoms with E-state index >= 15 is 0 Å². The molecule has 102 valence electrons. The third-order valence-electron chi connectivity index (χ3n) is 3.59. The van der Waals surface area contributed by atoms with Gasteiger partial charge in [-0.05, 0) is 25.8 Å². The van der Waals surface area contributed by atoms with Crippen molar-refractivity contribution in [3.8, 4) is 0 Å². The van der Waals surface area contributed by atoms with Crippen LogP contribution >= 0.6 is 0 Å². The Bertz CT molecular complexity index is 362. The molecule has 1 heterocycles. The van der Waals surface area contributed by atoms with Crippen molar-refractivity contribution in [2.45, 2.75) is 18.9 Å². The molecule has 18 heavy (non-hydrogen) atoms. The van der Waals surface area contributed by atoms with Gasteiger partial charge < -0.3 is 15.0 Å². The molecule has 2 N–H and O–H groups in total. The zero-order valence-electron chi connectivity index (χ0n) is 11.4. The number of ether oxygens (including phenoxy) is 1. The van der Waals surface area contributed by atoms with Crippen molar-refractivity contribution < 1.29 is 4.74 Å². The topological polar surface area (TPSA) is 56.3 Å². The average molecular weight is 252 g/mol. The minimum atomic E-state index is 0.210. The van der Waals surface area contributed by atoms with E-state index in [0.29, 0.717) is 6.54 Å². The number of hydrogen-bond donors (Lipinski definition) is 1. The van der Waals surface area contributed by atoms with Gasteiger partial charge in [0.05, 0.1) is 24.7 Å². The third-order valence-corrected chi connectivity index (χ3v) is 3.59. The van der Waals surface area contributed by atoms with Crippen molar-refractivity contribution in [2.75, 3.05) is 33.4 Å². The summed E-state index contributed by atoms with van der Waals surface area (Å²) in [5.41, 5.74) is 7.03. The highest BCUT2D eigenvalue weighted by Crippen LogP contribution is 2.28. The fourth-order valence-electron chi connectivity index (χ4n) is 2.11. The fourth-order valence-corrected chi connectivity index (χ4v) is 2.11. The van der Waals surface area contributed by atoms with E-state index in [4.69, 9.17) is 10.5 Å². The van der Waals surface area contributed by atoms with Crippen LogP contribution in [0.5, 0.6) is 0 Å². The molecule has 0 amide bonds. The van der Waals surface area contributed by atoms with Gasteiger partial charge in [-0.15, -0.1) is 0 Å². The van der Waals surface area contributed by atoms with Gasteiger partial charge in [0.2, 0.25) is 0 Å². The minimum absolute atomic E-state index is 0.210. The second-order valence-electron chi connectivity index (χ2n) is 5.18. The SMILES string of the molecule is CN(CCOCC1CC1)C(CN)c1cncn1C. The van der Waals surface area contributed by atoms with Gasteiger partial charge >= 0.3 is 0 Å². The Hall–Kier alpha value is -0.910. The summed E-state index contributed by atoms with van der Waals surface area (Å²) in [5.74, 6) is 0.831. The predicted octanol–water partition coefficient (Wildman–Crippen LogP) is 0.778. The Balaban J connectivity index is 1.77. The van der Waals surface area contributed by atoms with E-state index in [-0.39, 0.29) is 6.04 Å². The molecule has 1 fully saturated rings. The molecule has 0 spiro atoms. The van der Waals surface area contributed by atoms with Crippen molar-refractivity contribution in [2.24, 2.45) is 18.7 Å². The molecule has 1 atom stereocenters. The summed E-state index contributed by atoms with van der Waals surface area (Å²) in [5, 5.41) is 0. The molecule has 1 aromatic heterocycles. The predicted molar refractivity (Wildman–Crippen MR) is 71.2 cm³/mol. The van der Waals surface area contributed by atoms with Gasteiger partial charge in [0.25, 0.3) is 0 Å². The lowest BCUT2D eigenvalue weighted by Gasteiger charge is -2.27. The van der Waals surface area contributed by atoms with Gasteiger partial charge in [0.15, 0.2) is 0 Å². The van der Waals surface area contributed by atoms with E-state index in [1.165, 1.54) is 12.8 Å². The van der Waals surface area contributed by atoms with Crippen molar-refractivity contribution in [3.63, 3.8) is 0 Å². The maximum Gasteiger partial charge on any atom is 0.0946 e. The van der Waals surface area contributed by atoms with Crippen LogP contribution in [-0.4, -0.2) is 47.8 Å². The van der Waals surface area contributed by atoms with Gasteiger partial charge in [-0.1, -0.05) is 0 Å². The first kappa shape index (κ1) is 13.5. The van der Waals surface area contributed by atoms with Crippen LogP contribution in [0.3, 0.4) is 0 Å². The first-order chi connectivity index (χ1) is 8.72. The Morgan fingerprint density at radius 1 is 1.61 bits per heavy atom. The normalized spacial score (nSPS) is 17.3. The number of rotatable bonds is 8. The summed E-state index contributed by atoms with van der Waals surface area (Å²) in [6, 6.07) is 0.210. The van der Waals surface area contributed by atoms with Gasteiger partial charge in [-0.3, -0.25) is 4.90 Å². The van der Waals surface area contributed by atoms with Crippen LogP contribution in [0.25, 0.3) is 0 Å². The molecule has 0 radical (unpaired) electrons. The van der Waals surface area contributed by atoms with E-state index in [1.807, 2.05) is 24.1 Å². The highest BCUT2D eigenvalue weighted by molar-refractivity contribution is 5.05. The standard InChI is InChI=1S/C13H24N4O/c1-16(5-6-18-9-11-3-4-11)12(7-14)13-8-15-10-17(13)2/h8,10-12H,3-7,9,14H2,1-2H3.